The molecule has 6 heteroatoms. The molecule has 0 heterocycles. The molecule has 0 aromatic heterocycles. The van der Waals surface area contributed by atoms with Gasteiger partial charge in [0.1, 0.15) is 13.8 Å². The number of hydrogen-bond donors (Lipinski definition) is 0. The van der Waals surface area contributed by atoms with Crippen LogP contribution in [0.25, 0.3) is 0 Å². The largest absolute Gasteiger partial charge is 0.490 e. The number of esters is 1. The van der Waals surface area contributed by atoms with Crippen LogP contribution in [0.4, 0.5) is 0 Å². The van der Waals surface area contributed by atoms with E-state index < -0.39 is 14.0 Å². The van der Waals surface area contributed by atoms with Gasteiger partial charge in [0.05, 0.1) is 25.4 Å². The maximum absolute atomic E-state index is 13.3. The van der Waals surface area contributed by atoms with Gasteiger partial charge in [-0.25, -0.2) is 4.79 Å². The molecule has 0 amide bonds. The zero-order valence-electron chi connectivity index (χ0n) is 27.1. The second-order valence-corrected chi connectivity index (χ2v) is 16.7. The Kier molecular flexibility index (Phi) is 16.9. The van der Waals surface area contributed by atoms with E-state index in [1.165, 1.54) is 25.7 Å². The van der Waals surface area contributed by atoms with Gasteiger partial charge < -0.3 is 18.9 Å². The van der Waals surface area contributed by atoms with Crippen molar-refractivity contribution in [2.24, 2.45) is 0 Å². The zero-order valence-corrected chi connectivity index (χ0v) is 28.1. The van der Waals surface area contributed by atoms with E-state index in [1.807, 2.05) is 12.1 Å². The van der Waals surface area contributed by atoms with E-state index in [-0.39, 0.29) is 0 Å². The second kappa shape index (κ2) is 20.1. The molecule has 0 aliphatic heterocycles. The number of carbonyl (C=O) groups excluding carboxylic acids is 1. The summed E-state index contributed by atoms with van der Waals surface area (Å²) in [5.74, 6) is 4.91. The van der Waals surface area contributed by atoms with Crippen LogP contribution in [-0.2, 0) is 0 Å². The van der Waals surface area contributed by atoms with Gasteiger partial charge in [-0.05, 0) is 55.7 Å². The van der Waals surface area contributed by atoms with Gasteiger partial charge in [-0.1, -0.05) is 104 Å². The lowest BCUT2D eigenvalue weighted by Crippen LogP contribution is -2.16. The molecule has 0 saturated heterocycles. The molecule has 0 spiro atoms. The van der Waals surface area contributed by atoms with Crippen molar-refractivity contribution in [3.05, 3.63) is 47.5 Å². The molecule has 0 saturated carbocycles. The molecule has 0 aliphatic rings. The van der Waals surface area contributed by atoms with Crippen molar-refractivity contribution in [3.63, 3.8) is 0 Å². The van der Waals surface area contributed by atoms with E-state index in [4.69, 9.17) is 18.9 Å². The Morgan fingerprint density at radius 3 is 1.60 bits per heavy atom. The van der Waals surface area contributed by atoms with Crippen molar-refractivity contribution in [1.82, 2.24) is 0 Å². The molecule has 0 radical (unpaired) electrons. The Morgan fingerprint density at radius 2 is 1.14 bits per heavy atom. The molecule has 0 bridgehead atoms. The number of rotatable bonds is 20. The van der Waals surface area contributed by atoms with Gasteiger partial charge in [0.15, 0.2) is 11.5 Å². The number of hydrogen-bond acceptors (Lipinski definition) is 5. The van der Waals surface area contributed by atoms with Crippen LogP contribution < -0.4 is 18.9 Å². The monoisotopic (exact) mass is 594 g/mol. The zero-order chi connectivity index (χ0) is 30.6. The number of benzene rings is 2. The van der Waals surface area contributed by atoms with Gasteiger partial charge in [0.2, 0.25) is 5.75 Å². The van der Waals surface area contributed by atoms with Gasteiger partial charge >= 0.3 is 5.97 Å². The van der Waals surface area contributed by atoms with Crippen LogP contribution in [-0.4, -0.2) is 33.9 Å². The lowest BCUT2D eigenvalue weighted by atomic mass is 10.1. The molecule has 0 unspecified atom stereocenters. The molecule has 5 nitrogen and oxygen atoms in total. The lowest BCUT2D eigenvalue weighted by Gasteiger charge is -2.19. The van der Waals surface area contributed by atoms with Crippen molar-refractivity contribution in [2.75, 3.05) is 19.8 Å². The summed E-state index contributed by atoms with van der Waals surface area (Å²) in [7, 11) is -1.47. The predicted octanol–water partition coefficient (Wildman–Crippen LogP) is 10.0. The smallest absolute Gasteiger partial charge is 0.343 e. The van der Waals surface area contributed by atoms with Crippen LogP contribution in [0, 0.1) is 11.5 Å². The molecular weight excluding hydrogens is 540 g/mol. The predicted molar refractivity (Wildman–Crippen MR) is 177 cm³/mol. The first-order chi connectivity index (χ1) is 20.3. The summed E-state index contributed by atoms with van der Waals surface area (Å²) in [6.07, 6.45) is 13.2. The molecule has 0 fully saturated rings. The Hall–Kier alpha value is -2.91. The molecule has 0 atom stereocenters. The quantitative estimate of drug-likeness (QED) is 0.0502. The number of carbonyl (C=O) groups is 1. The molecule has 232 valence electrons. The average molecular weight is 595 g/mol. The van der Waals surface area contributed by atoms with Crippen LogP contribution in [0.1, 0.15) is 114 Å². The Labute approximate surface area is 256 Å². The normalized spacial score (nSPS) is 11.0. The van der Waals surface area contributed by atoms with E-state index in [1.54, 1.807) is 24.3 Å². The van der Waals surface area contributed by atoms with E-state index >= 15 is 0 Å². The van der Waals surface area contributed by atoms with Crippen molar-refractivity contribution in [2.45, 2.75) is 117 Å². The van der Waals surface area contributed by atoms with Crippen molar-refractivity contribution < 1.29 is 23.7 Å². The van der Waals surface area contributed by atoms with Gasteiger partial charge in [0.25, 0.3) is 0 Å². The van der Waals surface area contributed by atoms with E-state index in [0.29, 0.717) is 48.4 Å². The summed E-state index contributed by atoms with van der Waals surface area (Å²) >= 11 is 0. The third-order valence-electron chi connectivity index (χ3n) is 6.66. The van der Waals surface area contributed by atoms with Crippen LogP contribution in [0.2, 0.25) is 19.6 Å². The van der Waals surface area contributed by atoms with Crippen LogP contribution >= 0.6 is 0 Å². The first-order valence-corrected chi connectivity index (χ1v) is 19.7. The number of unbranched alkanes of at least 4 members (excludes halogenated alkanes) is 9. The Balaban J connectivity index is 2.29. The standard InChI is InChI=1S/C36H54O5Si/c1-7-10-13-16-24-38-33-28-31(36(37)41-32-21-19-30(20-22-32)23-27-42(4,5)6)29-34(39-25-17-14-11-8-2)35(33)40-26-18-15-12-9-3/h19-22,28-29H,7-18,24-26H2,1-6H3. The maximum atomic E-state index is 13.3. The number of ether oxygens (including phenoxy) is 4. The highest BCUT2D eigenvalue weighted by molar-refractivity contribution is 6.83. The van der Waals surface area contributed by atoms with Crippen LogP contribution in [0.5, 0.6) is 23.0 Å². The fourth-order valence-corrected chi connectivity index (χ4v) is 4.73. The molecule has 0 N–H and O–H groups in total. The van der Waals surface area contributed by atoms with Crippen molar-refractivity contribution in [1.29, 1.82) is 0 Å². The maximum Gasteiger partial charge on any atom is 0.343 e. The van der Waals surface area contributed by atoms with Crippen LogP contribution in [0.3, 0.4) is 0 Å². The SMILES string of the molecule is CCCCCCOc1cc(C(=O)Oc2ccc(C#C[Si](C)(C)C)cc2)cc(OCCCCCC)c1OCCCCCC. The molecule has 2 aromatic carbocycles. The van der Waals surface area contributed by atoms with Crippen molar-refractivity contribution >= 4 is 14.0 Å². The minimum Gasteiger partial charge on any atom is -0.490 e. The molecule has 42 heavy (non-hydrogen) atoms. The summed E-state index contributed by atoms with van der Waals surface area (Å²) in [4.78, 5) is 13.3. The molecule has 0 aliphatic carbocycles. The Morgan fingerprint density at radius 1 is 0.667 bits per heavy atom. The third-order valence-corrected chi connectivity index (χ3v) is 7.53. The van der Waals surface area contributed by atoms with E-state index in [2.05, 4.69) is 51.9 Å². The second-order valence-electron chi connectivity index (χ2n) is 11.9. The van der Waals surface area contributed by atoms with Gasteiger partial charge in [-0.15, -0.1) is 5.54 Å². The fraction of sp³-hybridized carbons (Fsp3) is 0.583. The third kappa shape index (κ3) is 14.3. The first-order valence-electron chi connectivity index (χ1n) is 16.2. The fourth-order valence-electron chi connectivity index (χ4n) is 4.21. The molecular formula is C36H54O5Si. The summed E-state index contributed by atoms with van der Waals surface area (Å²) in [6.45, 7) is 14.9. The highest BCUT2D eigenvalue weighted by Crippen LogP contribution is 2.40. The van der Waals surface area contributed by atoms with Gasteiger partial charge in [0, 0.05) is 5.56 Å². The first kappa shape index (κ1) is 35.3. The van der Waals surface area contributed by atoms with Crippen LogP contribution in [0.15, 0.2) is 36.4 Å². The minimum atomic E-state index is -1.47. The molecule has 2 aromatic rings. The topological polar surface area (TPSA) is 54.0 Å². The van der Waals surface area contributed by atoms with Gasteiger partial charge in [-0.3, -0.25) is 0 Å². The lowest BCUT2D eigenvalue weighted by molar-refractivity contribution is 0.0733. The Bertz CT molecular complexity index is 1070. The highest BCUT2D eigenvalue weighted by Gasteiger charge is 2.20. The van der Waals surface area contributed by atoms with E-state index in [9.17, 15) is 4.79 Å². The summed E-state index contributed by atoms with van der Waals surface area (Å²) in [5, 5.41) is 0. The average Bonchev–Trinajstić information content (AvgIpc) is 2.96. The summed E-state index contributed by atoms with van der Waals surface area (Å²) in [6, 6.07) is 10.8. The van der Waals surface area contributed by atoms with E-state index in [0.717, 1.165) is 56.9 Å². The van der Waals surface area contributed by atoms with Crippen molar-refractivity contribution in [3.8, 4) is 34.5 Å². The summed E-state index contributed by atoms with van der Waals surface area (Å²) in [5.41, 5.74) is 4.65. The summed E-state index contributed by atoms with van der Waals surface area (Å²) < 4.78 is 24.5. The van der Waals surface area contributed by atoms with Gasteiger partial charge in [-0.2, -0.15) is 0 Å². The minimum absolute atomic E-state index is 0.378. The highest BCUT2D eigenvalue weighted by atomic mass is 28.3. The molecule has 2 rings (SSSR count).